The molecule has 0 fully saturated rings. The van der Waals surface area contributed by atoms with Gasteiger partial charge in [-0.3, -0.25) is 4.79 Å². The summed E-state index contributed by atoms with van der Waals surface area (Å²) in [6.45, 7) is 7.11. The van der Waals surface area contributed by atoms with Crippen molar-refractivity contribution in [1.29, 1.82) is 0 Å². The van der Waals surface area contributed by atoms with Gasteiger partial charge in [-0.05, 0) is 51.0 Å². The van der Waals surface area contributed by atoms with Crippen LogP contribution in [0.3, 0.4) is 0 Å². The number of hydrogen-bond acceptors (Lipinski definition) is 5. The van der Waals surface area contributed by atoms with Crippen LogP contribution in [0.5, 0.6) is 0 Å². The summed E-state index contributed by atoms with van der Waals surface area (Å²) in [5, 5.41) is 18.9. The Labute approximate surface area is 165 Å². The van der Waals surface area contributed by atoms with Crippen LogP contribution in [0.15, 0.2) is 42.5 Å². The van der Waals surface area contributed by atoms with Gasteiger partial charge in [0.25, 0.3) is 0 Å². The van der Waals surface area contributed by atoms with Crippen molar-refractivity contribution in [2.24, 2.45) is 0 Å². The number of nitrogens with zero attached hydrogens (tertiary/aromatic N) is 4. The minimum atomic E-state index is 0.0502. The van der Waals surface area contributed by atoms with Gasteiger partial charge < -0.3 is 10.6 Å². The molecule has 7 heteroatoms. The van der Waals surface area contributed by atoms with Crippen LogP contribution < -0.4 is 10.6 Å². The van der Waals surface area contributed by atoms with Crippen molar-refractivity contribution in [3.05, 3.63) is 65.0 Å². The van der Waals surface area contributed by atoms with E-state index in [1.165, 1.54) is 11.1 Å². The number of rotatable bonds is 8. The molecule has 1 aromatic carbocycles. The maximum Gasteiger partial charge on any atom is 0.220 e. The number of carbonyl (C=O) groups excluding carboxylic acids is 1. The topological polar surface area (TPSA) is 84.7 Å². The smallest absolute Gasteiger partial charge is 0.220 e. The number of anilines is 1. The molecule has 0 unspecified atom stereocenters. The van der Waals surface area contributed by atoms with Crippen molar-refractivity contribution in [2.75, 3.05) is 18.4 Å². The van der Waals surface area contributed by atoms with Gasteiger partial charge in [0.05, 0.1) is 5.69 Å². The molecule has 0 bridgehead atoms. The number of hydrogen-bond donors (Lipinski definition) is 2. The van der Waals surface area contributed by atoms with E-state index in [2.05, 4.69) is 51.1 Å². The molecular formula is C21H26N6O. The Morgan fingerprint density at radius 3 is 2.57 bits per heavy atom. The van der Waals surface area contributed by atoms with E-state index in [1.54, 1.807) is 4.68 Å². The summed E-state index contributed by atoms with van der Waals surface area (Å²) in [5.74, 6) is 1.40. The molecular weight excluding hydrogens is 352 g/mol. The molecule has 0 aliphatic carbocycles. The van der Waals surface area contributed by atoms with E-state index in [1.807, 2.05) is 38.1 Å². The zero-order valence-electron chi connectivity index (χ0n) is 16.6. The summed E-state index contributed by atoms with van der Waals surface area (Å²) >= 11 is 0. The fraction of sp³-hybridized carbons (Fsp3) is 0.333. The molecule has 0 atom stereocenters. The Kier molecular flexibility index (Phi) is 6.37. The highest BCUT2D eigenvalue weighted by molar-refractivity contribution is 5.76. The molecule has 2 heterocycles. The Balaban J connectivity index is 1.39. The number of aromatic nitrogens is 4. The number of nitrogens with one attached hydrogen (secondary N) is 2. The summed E-state index contributed by atoms with van der Waals surface area (Å²) < 4.78 is 1.76. The van der Waals surface area contributed by atoms with Crippen LogP contribution in [0, 0.1) is 20.8 Å². The monoisotopic (exact) mass is 378 g/mol. The highest BCUT2D eigenvalue weighted by atomic mass is 16.1. The van der Waals surface area contributed by atoms with Crippen LogP contribution in [-0.2, 0) is 11.2 Å². The van der Waals surface area contributed by atoms with Gasteiger partial charge in [-0.25, -0.2) is 4.68 Å². The van der Waals surface area contributed by atoms with Gasteiger partial charge in [-0.2, -0.15) is 5.10 Å². The quantitative estimate of drug-likeness (QED) is 0.589. The van der Waals surface area contributed by atoms with Gasteiger partial charge in [0.1, 0.15) is 5.82 Å². The van der Waals surface area contributed by atoms with Crippen LogP contribution in [0.4, 0.5) is 5.82 Å². The van der Waals surface area contributed by atoms with E-state index >= 15 is 0 Å². The van der Waals surface area contributed by atoms with Gasteiger partial charge in [-0.15, -0.1) is 10.2 Å². The first kappa shape index (κ1) is 19.5. The lowest BCUT2D eigenvalue weighted by Crippen LogP contribution is -2.29. The van der Waals surface area contributed by atoms with Crippen LogP contribution >= 0.6 is 0 Å². The number of aryl methyl sites for hydroxylation is 4. The molecule has 0 aliphatic heterocycles. The Hall–Kier alpha value is -3.22. The Bertz CT molecular complexity index is 932. The lowest BCUT2D eigenvalue weighted by atomic mass is 10.1. The predicted molar refractivity (Wildman–Crippen MR) is 110 cm³/mol. The molecule has 1 amide bonds. The minimum Gasteiger partial charge on any atom is -0.367 e. The molecule has 28 heavy (non-hydrogen) atoms. The van der Waals surface area contributed by atoms with Gasteiger partial charge in [0, 0.05) is 25.2 Å². The van der Waals surface area contributed by atoms with Gasteiger partial charge in [0.2, 0.25) is 5.91 Å². The first-order valence-electron chi connectivity index (χ1n) is 9.45. The van der Waals surface area contributed by atoms with Crippen LogP contribution in [0.25, 0.3) is 5.82 Å². The molecule has 0 spiro atoms. The van der Waals surface area contributed by atoms with Crippen molar-refractivity contribution in [2.45, 2.75) is 33.6 Å². The summed E-state index contributed by atoms with van der Waals surface area (Å²) in [7, 11) is 0. The zero-order chi connectivity index (χ0) is 19.9. The van der Waals surface area contributed by atoms with Crippen LogP contribution in [-0.4, -0.2) is 39.0 Å². The fourth-order valence-corrected chi connectivity index (χ4v) is 3.00. The first-order valence-corrected chi connectivity index (χ1v) is 9.45. The lowest BCUT2D eigenvalue weighted by Gasteiger charge is -2.08. The maximum absolute atomic E-state index is 12.0. The third kappa shape index (κ3) is 5.39. The average molecular weight is 378 g/mol. The molecule has 2 aromatic heterocycles. The summed E-state index contributed by atoms with van der Waals surface area (Å²) in [5.41, 5.74) is 4.36. The molecule has 0 saturated carbocycles. The molecule has 0 radical (unpaired) electrons. The second-order valence-corrected chi connectivity index (χ2v) is 6.88. The van der Waals surface area contributed by atoms with Gasteiger partial charge >= 0.3 is 0 Å². The van der Waals surface area contributed by atoms with E-state index in [4.69, 9.17) is 0 Å². The normalized spacial score (nSPS) is 10.7. The second-order valence-electron chi connectivity index (χ2n) is 6.88. The summed E-state index contributed by atoms with van der Waals surface area (Å²) in [6, 6.07) is 14.0. The lowest BCUT2D eigenvalue weighted by molar-refractivity contribution is -0.120. The predicted octanol–water partition coefficient (Wildman–Crippen LogP) is 2.75. The standard InChI is InChI=1S/C21H26N6O/c1-15-5-4-6-18(13-15)7-10-21(28)23-12-11-22-19-8-9-20(25-24-19)27-17(3)14-16(2)26-27/h4-6,8-9,13-14H,7,10-12H2,1-3H3,(H,22,24)(H,23,28). The number of amides is 1. The third-order valence-electron chi connectivity index (χ3n) is 4.35. The maximum atomic E-state index is 12.0. The number of benzene rings is 1. The molecule has 7 nitrogen and oxygen atoms in total. The molecule has 3 aromatic rings. The van der Waals surface area contributed by atoms with Gasteiger partial charge in [0.15, 0.2) is 5.82 Å². The first-order chi connectivity index (χ1) is 13.5. The molecule has 146 valence electrons. The van der Waals surface area contributed by atoms with Crippen LogP contribution in [0.1, 0.15) is 28.9 Å². The third-order valence-corrected chi connectivity index (χ3v) is 4.35. The van der Waals surface area contributed by atoms with E-state index in [9.17, 15) is 4.79 Å². The van der Waals surface area contributed by atoms with Crippen molar-refractivity contribution < 1.29 is 4.79 Å². The highest BCUT2D eigenvalue weighted by Gasteiger charge is 2.06. The summed E-state index contributed by atoms with van der Waals surface area (Å²) in [6.07, 6.45) is 1.24. The second kappa shape index (κ2) is 9.12. The SMILES string of the molecule is Cc1cccc(CCC(=O)NCCNc2ccc(-n3nc(C)cc3C)nn2)c1. The van der Waals surface area contributed by atoms with Crippen molar-refractivity contribution in [3.8, 4) is 5.82 Å². The molecule has 0 aliphatic rings. The molecule has 3 rings (SSSR count). The van der Waals surface area contributed by atoms with E-state index < -0.39 is 0 Å². The largest absolute Gasteiger partial charge is 0.367 e. The number of carbonyl (C=O) groups is 1. The minimum absolute atomic E-state index is 0.0502. The van der Waals surface area contributed by atoms with Gasteiger partial charge in [-0.1, -0.05) is 29.8 Å². The molecule has 0 saturated heterocycles. The van der Waals surface area contributed by atoms with Crippen molar-refractivity contribution in [3.63, 3.8) is 0 Å². The summed E-state index contributed by atoms with van der Waals surface area (Å²) in [4.78, 5) is 12.0. The van der Waals surface area contributed by atoms with E-state index in [0.29, 0.717) is 31.1 Å². The van der Waals surface area contributed by atoms with E-state index in [0.717, 1.165) is 17.8 Å². The Morgan fingerprint density at radius 2 is 1.89 bits per heavy atom. The highest BCUT2D eigenvalue weighted by Crippen LogP contribution is 2.10. The Morgan fingerprint density at radius 1 is 1.04 bits per heavy atom. The fourth-order valence-electron chi connectivity index (χ4n) is 3.00. The van der Waals surface area contributed by atoms with E-state index in [-0.39, 0.29) is 5.91 Å². The van der Waals surface area contributed by atoms with Crippen molar-refractivity contribution in [1.82, 2.24) is 25.3 Å². The zero-order valence-corrected chi connectivity index (χ0v) is 16.6. The van der Waals surface area contributed by atoms with Crippen molar-refractivity contribution >= 4 is 11.7 Å². The molecule has 2 N–H and O–H groups in total. The average Bonchev–Trinajstić information content (AvgIpc) is 3.02. The van der Waals surface area contributed by atoms with Crippen LogP contribution in [0.2, 0.25) is 0 Å².